The van der Waals surface area contributed by atoms with Gasteiger partial charge >= 0.3 is 0 Å². The molecule has 4 rings (SSSR count). The normalized spacial score (nSPS) is 16.9. The van der Waals surface area contributed by atoms with E-state index in [1.54, 1.807) is 0 Å². The number of hydrogen-bond acceptors (Lipinski definition) is 4. The second-order valence-corrected chi connectivity index (χ2v) is 6.38. The van der Waals surface area contributed by atoms with Gasteiger partial charge in [-0.05, 0) is 50.6 Å². The highest BCUT2D eigenvalue weighted by Gasteiger charge is 2.22. The molecule has 23 heavy (non-hydrogen) atoms. The van der Waals surface area contributed by atoms with Gasteiger partial charge < -0.3 is 4.98 Å². The molecule has 0 amide bonds. The van der Waals surface area contributed by atoms with E-state index in [1.165, 1.54) is 24.1 Å². The van der Waals surface area contributed by atoms with E-state index in [9.17, 15) is 0 Å². The van der Waals surface area contributed by atoms with Crippen LogP contribution in [0.15, 0.2) is 36.8 Å². The number of nitrogens with zero attached hydrogens (tertiary/aromatic N) is 4. The number of rotatable bonds is 3. The van der Waals surface area contributed by atoms with Gasteiger partial charge in [-0.25, -0.2) is 4.98 Å². The maximum Gasteiger partial charge on any atom is 0.156 e. The van der Waals surface area contributed by atoms with Crippen LogP contribution in [0.4, 0.5) is 0 Å². The first-order valence-electron chi connectivity index (χ1n) is 8.21. The summed E-state index contributed by atoms with van der Waals surface area (Å²) in [5.41, 5.74) is 5.42. The summed E-state index contributed by atoms with van der Waals surface area (Å²) in [7, 11) is 0. The molecule has 4 heterocycles. The zero-order valence-corrected chi connectivity index (χ0v) is 13.4. The lowest BCUT2D eigenvalue weighted by Crippen LogP contribution is -2.32. The van der Waals surface area contributed by atoms with Crippen molar-refractivity contribution in [3.05, 3.63) is 53.7 Å². The maximum atomic E-state index is 4.53. The minimum absolute atomic E-state index is 0.580. The molecule has 0 saturated carbocycles. The van der Waals surface area contributed by atoms with Crippen LogP contribution in [0.1, 0.15) is 35.7 Å². The van der Waals surface area contributed by atoms with Gasteiger partial charge in [0.25, 0.3) is 0 Å². The first-order chi connectivity index (χ1) is 11.3. The van der Waals surface area contributed by atoms with Gasteiger partial charge in [-0.1, -0.05) is 6.07 Å². The molecule has 0 radical (unpaired) electrons. The number of aromatic amines is 1. The third-order valence-electron chi connectivity index (χ3n) is 4.63. The van der Waals surface area contributed by atoms with Gasteiger partial charge in [-0.15, -0.1) is 0 Å². The van der Waals surface area contributed by atoms with Crippen LogP contribution >= 0.6 is 0 Å². The molecule has 1 aliphatic heterocycles. The molecule has 0 aromatic carbocycles. The Kier molecular flexibility index (Phi) is 3.79. The average Bonchev–Trinajstić information content (AvgIpc) is 2.99. The van der Waals surface area contributed by atoms with Crippen molar-refractivity contribution in [2.75, 3.05) is 13.1 Å². The van der Waals surface area contributed by atoms with Crippen LogP contribution in [-0.2, 0) is 6.54 Å². The molecule has 1 N–H and O–H groups in total. The molecule has 3 aromatic heterocycles. The molecule has 3 aromatic rings. The molecule has 0 atom stereocenters. The monoisotopic (exact) mass is 307 g/mol. The Morgan fingerprint density at radius 2 is 2.13 bits per heavy atom. The Hall–Kier alpha value is -2.27. The summed E-state index contributed by atoms with van der Waals surface area (Å²) in [6.45, 7) is 5.21. The fraction of sp³-hybridized carbons (Fsp3) is 0.389. The van der Waals surface area contributed by atoms with Crippen molar-refractivity contribution in [3.8, 4) is 0 Å². The molecule has 0 unspecified atom stereocenters. The van der Waals surface area contributed by atoms with Gasteiger partial charge in [-0.2, -0.15) is 0 Å². The number of fused-ring (bicyclic) bond motifs is 1. The van der Waals surface area contributed by atoms with Gasteiger partial charge in [0.05, 0.1) is 5.69 Å². The third kappa shape index (κ3) is 3.10. The van der Waals surface area contributed by atoms with E-state index in [-0.39, 0.29) is 0 Å². The van der Waals surface area contributed by atoms with Crippen LogP contribution < -0.4 is 0 Å². The summed E-state index contributed by atoms with van der Waals surface area (Å²) < 4.78 is 0. The summed E-state index contributed by atoms with van der Waals surface area (Å²) in [6.07, 6.45) is 7.97. The predicted octanol–water partition coefficient (Wildman–Crippen LogP) is 3.04. The van der Waals surface area contributed by atoms with E-state index < -0.39 is 0 Å². The minimum atomic E-state index is 0.580. The molecular weight excluding hydrogens is 286 g/mol. The maximum absolute atomic E-state index is 4.53. The van der Waals surface area contributed by atoms with Crippen molar-refractivity contribution in [3.63, 3.8) is 0 Å². The predicted molar refractivity (Wildman–Crippen MR) is 90.1 cm³/mol. The van der Waals surface area contributed by atoms with E-state index in [0.717, 1.165) is 36.5 Å². The smallest absolute Gasteiger partial charge is 0.156 e. The summed E-state index contributed by atoms with van der Waals surface area (Å²) in [5.74, 6) is 0.580. The van der Waals surface area contributed by atoms with E-state index in [1.807, 2.05) is 31.6 Å². The van der Waals surface area contributed by atoms with Crippen LogP contribution in [0.3, 0.4) is 0 Å². The first-order valence-corrected chi connectivity index (χ1v) is 8.21. The van der Waals surface area contributed by atoms with E-state index in [2.05, 4.69) is 37.0 Å². The van der Waals surface area contributed by atoms with Gasteiger partial charge in [0.2, 0.25) is 0 Å². The van der Waals surface area contributed by atoms with Crippen molar-refractivity contribution in [2.24, 2.45) is 0 Å². The van der Waals surface area contributed by atoms with Gasteiger partial charge in [-0.3, -0.25) is 14.9 Å². The van der Waals surface area contributed by atoms with Crippen LogP contribution in [0.2, 0.25) is 0 Å². The van der Waals surface area contributed by atoms with Crippen LogP contribution in [-0.4, -0.2) is 37.9 Å². The van der Waals surface area contributed by atoms with Gasteiger partial charge in [0, 0.05) is 36.7 Å². The summed E-state index contributed by atoms with van der Waals surface area (Å²) >= 11 is 0. The van der Waals surface area contributed by atoms with Crippen molar-refractivity contribution in [2.45, 2.75) is 32.2 Å². The number of H-pyrrole nitrogens is 1. The van der Waals surface area contributed by atoms with Crippen LogP contribution in [0, 0.1) is 6.92 Å². The average molecular weight is 307 g/mol. The highest BCUT2D eigenvalue weighted by atomic mass is 15.1. The second kappa shape index (κ2) is 6.08. The standard InChI is InChI=1S/C18H21N5/c1-13-10-20-17-9-16(22-18(17)21-13)15-4-7-23(8-5-15)12-14-3-2-6-19-11-14/h2-3,6,9-11,15H,4-5,7-8,12H2,1H3,(H,21,22). The lowest BCUT2D eigenvalue weighted by Gasteiger charge is -2.31. The Morgan fingerprint density at radius 1 is 1.26 bits per heavy atom. The number of likely N-dealkylation sites (tertiary alicyclic amines) is 1. The number of pyridine rings is 1. The largest absolute Gasteiger partial charge is 0.342 e. The molecular formula is C18H21N5. The lowest BCUT2D eigenvalue weighted by atomic mass is 9.93. The number of hydrogen-bond donors (Lipinski definition) is 1. The molecule has 118 valence electrons. The van der Waals surface area contributed by atoms with Gasteiger partial charge in [0.15, 0.2) is 5.65 Å². The second-order valence-electron chi connectivity index (χ2n) is 6.38. The van der Waals surface area contributed by atoms with Gasteiger partial charge in [0.1, 0.15) is 5.52 Å². The molecule has 1 fully saturated rings. The topological polar surface area (TPSA) is 57.7 Å². The van der Waals surface area contributed by atoms with Crippen molar-refractivity contribution >= 4 is 11.2 Å². The number of nitrogens with one attached hydrogen (secondary N) is 1. The Bertz CT molecular complexity index is 788. The Balaban J connectivity index is 1.42. The Labute approximate surface area is 135 Å². The molecule has 0 aliphatic carbocycles. The fourth-order valence-corrected chi connectivity index (χ4v) is 3.38. The van der Waals surface area contributed by atoms with Crippen LogP contribution in [0.25, 0.3) is 11.2 Å². The highest BCUT2D eigenvalue weighted by Crippen LogP contribution is 2.29. The van der Waals surface area contributed by atoms with Crippen LogP contribution in [0.5, 0.6) is 0 Å². The van der Waals surface area contributed by atoms with E-state index in [4.69, 9.17) is 0 Å². The minimum Gasteiger partial charge on any atom is -0.342 e. The van der Waals surface area contributed by atoms with E-state index >= 15 is 0 Å². The zero-order valence-electron chi connectivity index (χ0n) is 13.4. The molecule has 0 spiro atoms. The summed E-state index contributed by atoms with van der Waals surface area (Å²) in [6, 6.07) is 6.33. The Morgan fingerprint density at radius 3 is 2.91 bits per heavy atom. The number of aromatic nitrogens is 4. The zero-order chi connectivity index (χ0) is 15.6. The van der Waals surface area contributed by atoms with Crippen molar-refractivity contribution in [1.82, 2.24) is 24.8 Å². The summed E-state index contributed by atoms with van der Waals surface area (Å²) in [4.78, 5) is 19.2. The molecule has 5 nitrogen and oxygen atoms in total. The third-order valence-corrected chi connectivity index (χ3v) is 4.63. The van der Waals surface area contributed by atoms with Crippen molar-refractivity contribution < 1.29 is 0 Å². The SMILES string of the molecule is Cc1cnc2cc(C3CCN(Cc4cccnc4)CC3)[nH]c2n1. The quantitative estimate of drug-likeness (QED) is 0.808. The molecule has 1 saturated heterocycles. The number of aryl methyl sites for hydroxylation is 1. The molecule has 5 heteroatoms. The van der Waals surface area contributed by atoms with Crippen molar-refractivity contribution in [1.29, 1.82) is 0 Å². The highest BCUT2D eigenvalue weighted by molar-refractivity contribution is 5.71. The lowest BCUT2D eigenvalue weighted by molar-refractivity contribution is 0.203. The molecule has 1 aliphatic rings. The fourth-order valence-electron chi connectivity index (χ4n) is 3.38. The number of piperidine rings is 1. The first kappa shape index (κ1) is 14.3. The summed E-state index contributed by atoms with van der Waals surface area (Å²) in [5, 5.41) is 0. The van der Waals surface area contributed by atoms with E-state index in [0.29, 0.717) is 5.92 Å². The molecule has 0 bridgehead atoms.